The average Bonchev–Trinajstić information content (AvgIpc) is 2.74. The number of hydrogen-bond acceptors (Lipinski definition) is 6. The zero-order chi connectivity index (χ0) is 21.6. The van der Waals surface area contributed by atoms with Gasteiger partial charge >= 0.3 is 163 Å². The summed E-state index contributed by atoms with van der Waals surface area (Å²) in [5.41, 5.74) is 3.84. The van der Waals surface area contributed by atoms with Crippen LogP contribution in [0.3, 0.4) is 0 Å². The molecule has 3 aromatic carbocycles. The number of anilines is 1. The van der Waals surface area contributed by atoms with Gasteiger partial charge in [0, 0.05) is 0 Å². The molecule has 0 aliphatic carbocycles. The molecule has 0 amide bonds. The first-order chi connectivity index (χ1) is 14.3. The summed E-state index contributed by atoms with van der Waals surface area (Å²) in [6.07, 6.45) is 0. The first kappa shape index (κ1) is 21.1. The van der Waals surface area contributed by atoms with Gasteiger partial charge < -0.3 is 0 Å². The van der Waals surface area contributed by atoms with Crippen molar-refractivity contribution in [2.75, 3.05) is 5.43 Å². The molecule has 30 heavy (non-hydrogen) atoms. The van der Waals surface area contributed by atoms with Gasteiger partial charge in [-0.15, -0.1) is 0 Å². The van der Waals surface area contributed by atoms with Gasteiger partial charge in [-0.25, -0.2) is 0 Å². The number of hydrogen-bond donors (Lipinski definition) is 3. The van der Waals surface area contributed by atoms with Gasteiger partial charge in [0.25, 0.3) is 0 Å². The van der Waals surface area contributed by atoms with Crippen LogP contribution in [0.2, 0.25) is 0 Å². The molecular formula is C19H16AsN5O5. The van der Waals surface area contributed by atoms with Crippen LogP contribution in [-0.2, 0) is 3.74 Å². The normalized spacial score (nSPS) is 12.1. The van der Waals surface area contributed by atoms with Crippen LogP contribution >= 0.6 is 0 Å². The second-order valence-corrected chi connectivity index (χ2v) is 9.24. The van der Waals surface area contributed by atoms with Gasteiger partial charge in [0.1, 0.15) is 0 Å². The zero-order valence-electron chi connectivity index (χ0n) is 15.4. The van der Waals surface area contributed by atoms with Crippen LogP contribution in [0.25, 0.3) is 0 Å². The third kappa shape index (κ3) is 5.48. The summed E-state index contributed by atoms with van der Waals surface area (Å²) >= 11 is -5.19. The van der Waals surface area contributed by atoms with Crippen molar-refractivity contribution in [3.05, 3.63) is 94.5 Å². The van der Waals surface area contributed by atoms with Crippen molar-refractivity contribution in [2.24, 2.45) is 15.3 Å². The summed E-state index contributed by atoms with van der Waals surface area (Å²) in [6, 6.07) is 20.4. The average molecular weight is 469 g/mol. The fraction of sp³-hybridized carbons (Fsp3) is 0. The third-order valence-electron chi connectivity index (χ3n) is 3.85. The standard InChI is InChI=1S/C19H16AsN5O5/c26-20(27,28)17-8-4-5-9-18(17)22-24-19(14-6-2-1-3-7-14)23-21-15-10-12-16(13-11-15)25(29)30/h1-13,21H,(H2,26,27,28). The summed E-state index contributed by atoms with van der Waals surface area (Å²) in [6.45, 7) is 0. The molecule has 11 heteroatoms. The fourth-order valence-corrected chi connectivity index (χ4v) is 3.87. The molecular weight excluding hydrogens is 453 g/mol. The number of azo groups is 1. The van der Waals surface area contributed by atoms with E-state index in [1.807, 2.05) is 6.07 Å². The molecule has 0 bridgehead atoms. The number of nitrogens with zero attached hydrogens (tertiary/aromatic N) is 4. The van der Waals surface area contributed by atoms with Crippen LogP contribution in [0.4, 0.5) is 17.1 Å². The molecule has 3 aromatic rings. The van der Waals surface area contributed by atoms with Crippen molar-refractivity contribution in [3.63, 3.8) is 0 Å². The molecule has 3 rings (SSSR count). The Morgan fingerprint density at radius 1 is 0.933 bits per heavy atom. The van der Waals surface area contributed by atoms with Crippen molar-refractivity contribution >= 4 is 41.4 Å². The van der Waals surface area contributed by atoms with Crippen molar-refractivity contribution < 1.29 is 16.9 Å². The molecule has 152 valence electrons. The molecule has 0 aliphatic heterocycles. The van der Waals surface area contributed by atoms with E-state index in [-0.39, 0.29) is 21.6 Å². The molecule has 0 unspecified atom stereocenters. The molecule has 0 aromatic heterocycles. The van der Waals surface area contributed by atoms with E-state index in [0.29, 0.717) is 11.3 Å². The topological polar surface area (TPSA) is 150 Å². The molecule has 0 aliphatic rings. The monoisotopic (exact) mass is 469 g/mol. The van der Waals surface area contributed by atoms with Crippen molar-refractivity contribution in [1.29, 1.82) is 0 Å². The number of nitro benzene ring substituents is 1. The molecule has 0 spiro atoms. The summed E-state index contributed by atoms with van der Waals surface area (Å²) in [5.74, 6) is 0.154. The number of hydrazone groups is 1. The molecule has 0 atom stereocenters. The predicted octanol–water partition coefficient (Wildman–Crippen LogP) is 2.71. The summed E-state index contributed by atoms with van der Waals surface area (Å²) in [4.78, 5) is 10.3. The van der Waals surface area contributed by atoms with Crippen molar-refractivity contribution in [2.45, 2.75) is 0 Å². The Morgan fingerprint density at radius 3 is 2.20 bits per heavy atom. The SMILES string of the molecule is O=[N+]([O-])c1ccc(NN=C(N=Nc2ccccc2[As](=O)(O)O)c2ccccc2)cc1. The molecule has 0 fully saturated rings. The number of nitro groups is 1. The maximum absolute atomic E-state index is 11.7. The van der Waals surface area contributed by atoms with Gasteiger partial charge in [-0.1, -0.05) is 0 Å². The first-order valence-corrected chi connectivity index (χ1v) is 11.9. The molecule has 0 heterocycles. The molecule has 10 nitrogen and oxygen atoms in total. The third-order valence-corrected chi connectivity index (χ3v) is 5.96. The van der Waals surface area contributed by atoms with E-state index in [4.69, 9.17) is 0 Å². The zero-order valence-corrected chi connectivity index (χ0v) is 17.2. The Hall–Kier alpha value is -3.59. The van der Waals surface area contributed by atoms with Crippen LogP contribution in [0.5, 0.6) is 0 Å². The van der Waals surface area contributed by atoms with Crippen molar-refractivity contribution in [1.82, 2.24) is 0 Å². The molecule has 0 saturated heterocycles. The Bertz CT molecular complexity index is 1140. The van der Waals surface area contributed by atoms with Crippen LogP contribution in [0.1, 0.15) is 5.56 Å². The molecule has 3 N–H and O–H groups in total. The number of benzene rings is 3. The number of rotatable bonds is 6. The maximum atomic E-state index is 11.7. The van der Waals surface area contributed by atoms with E-state index in [0.717, 1.165) is 0 Å². The van der Waals surface area contributed by atoms with E-state index in [9.17, 15) is 22.0 Å². The second-order valence-electron chi connectivity index (χ2n) is 5.95. The Balaban J connectivity index is 1.93. The van der Waals surface area contributed by atoms with Crippen LogP contribution in [0.15, 0.2) is 94.2 Å². The van der Waals surface area contributed by atoms with E-state index in [2.05, 4.69) is 20.8 Å². The minimum atomic E-state index is -5.19. The Kier molecular flexibility index (Phi) is 6.53. The van der Waals surface area contributed by atoms with Gasteiger partial charge in [-0.3, -0.25) is 10.1 Å². The molecule has 0 radical (unpaired) electrons. The predicted molar refractivity (Wildman–Crippen MR) is 111 cm³/mol. The number of non-ortho nitro benzene ring substituents is 1. The Labute approximate surface area is 173 Å². The van der Waals surface area contributed by atoms with Crippen molar-refractivity contribution in [3.8, 4) is 0 Å². The quantitative estimate of drug-likeness (QED) is 0.126. The second kappa shape index (κ2) is 9.27. The fourth-order valence-electron chi connectivity index (χ4n) is 2.40. The van der Waals surface area contributed by atoms with Gasteiger partial charge in [0.15, 0.2) is 0 Å². The van der Waals surface area contributed by atoms with E-state index < -0.39 is 19.1 Å². The minimum absolute atomic E-state index is 0.0453. The van der Waals surface area contributed by atoms with Gasteiger partial charge in [-0.05, 0) is 0 Å². The van der Waals surface area contributed by atoms with E-state index in [1.54, 1.807) is 30.3 Å². The van der Waals surface area contributed by atoms with Crippen LogP contribution in [-0.4, -0.2) is 33.1 Å². The van der Waals surface area contributed by atoms with Gasteiger partial charge in [0.05, 0.1) is 0 Å². The summed E-state index contributed by atoms with van der Waals surface area (Å²) < 4.78 is 30.6. The van der Waals surface area contributed by atoms with Crippen LogP contribution in [0, 0.1) is 10.1 Å². The summed E-state index contributed by atoms with van der Waals surface area (Å²) in [7, 11) is 0. The van der Waals surface area contributed by atoms with Gasteiger partial charge in [-0.2, -0.15) is 0 Å². The Morgan fingerprint density at radius 2 is 1.57 bits per heavy atom. The molecule has 0 saturated carbocycles. The number of amidine groups is 1. The van der Waals surface area contributed by atoms with E-state index in [1.165, 1.54) is 42.5 Å². The van der Waals surface area contributed by atoms with Gasteiger partial charge in [0.2, 0.25) is 0 Å². The first-order valence-electron chi connectivity index (χ1n) is 8.55. The van der Waals surface area contributed by atoms with E-state index >= 15 is 0 Å². The summed E-state index contributed by atoms with van der Waals surface area (Å²) in [5, 5.41) is 23.0. The van der Waals surface area contributed by atoms with Crippen LogP contribution < -0.4 is 9.78 Å². The number of nitrogens with one attached hydrogen (secondary N) is 1.